The molecule has 6 heteroatoms. The molecule has 0 bridgehead atoms. The van der Waals surface area contributed by atoms with Gasteiger partial charge in [0.05, 0.1) is 17.6 Å². The summed E-state index contributed by atoms with van der Waals surface area (Å²) >= 11 is 0. The van der Waals surface area contributed by atoms with Crippen LogP contribution in [0.1, 0.15) is 44.0 Å². The van der Waals surface area contributed by atoms with Gasteiger partial charge in [0.15, 0.2) is 0 Å². The summed E-state index contributed by atoms with van der Waals surface area (Å²) in [5, 5.41) is 3.56. The Bertz CT molecular complexity index is 971. The van der Waals surface area contributed by atoms with Crippen molar-refractivity contribution < 1.29 is 4.74 Å². The van der Waals surface area contributed by atoms with Gasteiger partial charge in [0, 0.05) is 38.8 Å². The van der Waals surface area contributed by atoms with E-state index in [9.17, 15) is 4.79 Å². The molecule has 1 aromatic heterocycles. The summed E-state index contributed by atoms with van der Waals surface area (Å²) in [6, 6.07) is 19.2. The van der Waals surface area contributed by atoms with Crippen LogP contribution in [0.4, 0.5) is 0 Å². The number of aromatic nitrogens is 2. The third kappa shape index (κ3) is 6.73. The number of benzene rings is 2. The van der Waals surface area contributed by atoms with Crippen molar-refractivity contribution in [1.82, 2.24) is 20.2 Å². The second-order valence-corrected chi connectivity index (χ2v) is 8.23. The van der Waals surface area contributed by atoms with E-state index in [1.54, 1.807) is 7.11 Å². The fourth-order valence-electron chi connectivity index (χ4n) is 4.09. The number of ether oxygens (including phenoxy) is 1. The molecular weight excluding hydrogens is 400 g/mol. The Labute approximate surface area is 191 Å². The molecule has 0 amide bonds. The van der Waals surface area contributed by atoms with Crippen molar-refractivity contribution in [3.63, 3.8) is 0 Å². The summed E-state index contributed by atoms with van der Waals surface area (Å²) in [7, 11) is 1.74. The smallest absolute Gasteiger partial charge is 0.270 e. The van der Waals surface area contributed by atoms with Crippen molar-refractivity contribution in [2.75, 3.05) is 33.4 Å². The average Bonchev–Trinajstić information content (AvgIpc) is 2.85. The minimum Gasteiger partial charge on any atom is -0.383 e. The zero-order valence-electron chi connectivity index (χ0n) is 19.5. The molecule has 1 fully saturated rings. The van der Waals surface area contributed by atoms with E-state index in [0.29, 0.717) is 24.2 Å². The molecule has 2 N–H and O–H groups in total. The number of hydrogen-bond donors (Lipinski definition) is 2. The number of fused-ring (bicyclic) bond motifs is 1. The predicted octanol–water partition coefficient (Wildman–Crippen LogP) is 3.93. The highest BCUT2D eigenvalue weighted by atomic mass is 16.5. The van der Waals surface area contributed by atoms with Crippen LogP contribution < -0.4 is 10.9 Å². The monoisotopic (exact) mass is 436 g/mol. The van der Waals surface area contributed by atoms with Crippen molar-refractivity contribution in [3.8, 4) is 0 Å². The fourth-order valence-corrected chi connectivity index (χ4v) is 4.09. The molecule has 1 aliphatic rings. The zero-order chi connectivity index (χ0) is 22.8. The maximum atomic E-state index is 12.0. The molecule has 2 heterocycles. The summed E-state index contributed by atoms with van der Waals surface area (Å²) in [5.41, 5.74) is 3.44. The van der Waals surface area contributed by atoms with Crippen LogP contribution in [0.15, 0.2) is 59.4 Å². The highest BCUT2D eigenvalue weighted by Crippen LogP contribution is 2.26. The molecule has 0 aliphatic carbocycles. The number of piperidine rings is 1. The molecule has 4 rings (SSSR count). The van der Waals surface area contributed by atoms with Crippen molar-refractivity contribution in [1.29, 1.82) is 0 Å². The summed E-state index contributed by atoms with van der Waals surface area (Å²) in [4.78, 5) is 22.0. The van der Waals surface area contributed by atoms with Gasteiger partial charge in [0.25, 0.3) is 5.56 Å². The maximum Gasteiger partial charge on any atom is 0.270 e. The van der Waals surface area contributed by atoms with Gasteiger partial charge in [-0.25, -0.2) is 4.98 Å². The van der Waals surface area contributed by atoms with Gasteiger partial charge < -0.3 is 15.0 Å². The van der Waals surface area contributed by atoms with Crippen LogP contribution in [0, 0.1) is 0 Å². The number of aryl methyl sites for hydroxylation is 1. The first-order valence-electron chi connectivity index (χ1n) is 11.6. The van der Waals surface area contributed by atoms with Crippen molar-refractivity contribution >= 4 is 11.0 Å². The minimum absolute atomic E-state index is 0.0762. The Morgan fingerprint density at radius 1 is 1.16 bits per heavy atom. The molecule has 0 saturated carbocycles. The molecule has 1 aliphatic heterocycles. The second kappa shape index (κ2) is 12.5. The quantitative estimate of drug-likeness (QED) is 0.549. The SMILES string of the molecule is CCc1nc2ccc(C(C)N3CCC(NCCOC)CC3)cc2[nH]c1=O.c1ccccc1. The number of nitrogens with zero attached hydrogens (tertiary/aromatic N) is 2. The molecule has 1 unspecified atom stereocenters. The third-order valence-corrected chi connectivity index (χ3v) is 6.09. The largest absolute Gasteiger partial charge is 0.383 e. The third-order valence-electron chi connectivity index (χ3n) is 6.09. The molecule has 172 valence electrons. The van der Waals surface area contributed by atoms with E-state index in [0.717, 1.165) is 50.1 Å². The molecule has 0 spiro atoms. The van der Waals surface area contributed by atoms with Gasteiger partial charge in [-0.05, 0) is 43.9 Å². The lowest BCUT2D eigenvalue weighted by atomic mass is 10.00. The molecule has 1 saturated heterocycles. The molecule has 32 heavy (non-hydrogen) atoms. The Balaban J connectivity index is 0.000000416. The molecule has 3 aromatic rings. The number of nitrogens with one attached hydrogen (secondary N) is 2. The van der Waals surface area contributed by atoms with E-state index in [-0.39, 0.29) is 5.56 Å². The number of methoxy groups -OCH3 is 1. The molecule has 0 radical (unpaired) electrons. The zero-order valence-corrected chi connectivity index (χ0v) is 19.5. The van der Waals surface area contributed by atoms with Gasteiger partial charge in [-0.15, -0.1) is 0 Å². The van der Waals surface area contributed by atoms with Gasteiger partial charge in [-0.1, -0.05) is 49.4 Å². The van der Waals surface area contributed by atoms with Gasteiger partial charge >= 0.3 is 0 Å². The van der Waals surface area contributed by atoms with E-state index in [2.05, 4.69) is 39.2 Å². The van der Waals surface area contributed by atoms with Gasteiger partial charge in [0.2, 0.25) is 0 Å². The van der Waals surface area contributed by atoms with Crippen molar-refractivity contribution in [2.45, 2.75) is 45.2 Å². The second-order valence-electron chi connectivity index (χ2n) is 8.23. The van der Waals surface area contributed by atoms with Crippen LogP contribution >= 0.6 is 0 Å². The summed E-state index contributed by atoms with van der Waals surface area (Å²) < 4.78 is 5.10. The lowest BCUT2D eigenvalue weighted by Crippen LogP contribution is -2.44. The lowest BCUT2D eigenvalue weighted by molar-refractivity contribution is 0.144. The predicted molar refractivity (Wildman–Crippen MR) is 131 cm³/mol. The van der Waals surface area contributed by atoms with Crippen LogP contribution in [-0.2, 0) is 11.2 Å². The Kier molecular flexibility index (Phi) is 9.41. The van der Waals surface area contributed by atoms with Gasteiger partial charge in [-0.3, -0.25) is 9.69 Å². The van der Waals surface area contributed by atoms with Crippen LogP contribution in [-0.4, -0.2) is 54.3 Å². The first-order valence-corrected chi connectivity index (χ1v) is 11.6. The van der Waals surface area contributed by atoms with Crippen LogP contribution in [0.25, 0.3) is 11.0 Å². The topological polar surface area (TPSA) is 70.2 Å². The normalized spacial score (nSPS) is 15.8. The van der Waals surface area contributed by atoms with E-state index in [1.165, 1.54) is 5.56 Å². The lowest BCUT2D eigenvalue weighted by Gasteiger charge is -2.36. The van der Waals surface area contributed by atoms with Crippen LogP contribution in [0.2, 0.25) is 0 Å². The first kappa shape index (κ1) is 24.1. The van der Waals surface area contributed by atoms with Crippen molar-refractivity contribution in [3.05, 3.63) is 76.2 Å². The molecular formula is C26H36N4O2. The van der Waals surface area contributed by atoms with E-state index < -0.39 is 0 Å². The highest BCUT2D eigenvalue weighted by Gasteiger charge is 2.23. The molecule has 1 atom stereocenters. The first-order chi connectivity index (χ1) is 15.6. The summed E-state index contributed by atoms with van der Waals surface area (Å²) in [6.45, 7) is 8.03. The Hall–Kier alpha value is -2.54. The number of likely N-dealkylation sites (tertiary alicyclic amines) is 1. The maximum absolute atomic E-state index is 12.0. The number of rotatable bonds is 7. The van der Waals surface area contributed by atoms with E-state index in [4.69, 9.17) is 4.74 Å². The van der Waals surface area contributed by atoms with Crippen molar-refractivity contribution in [2.24, 2.45) is 0 Å². The Morgan fingerprint density at radius 2 is 1.81 bits per heavy atom. The summed E-state index contributed by atoms with van der Waals surface area (Å²) in [5.74, 6) is 0. The van der Waals surface area contributed by atoms with Crippen LogP contribution in [0.5, 0.6) is 0 Å². The van der Waals surface area contributed by atoms with E-state index in [1.807, 2.05) is 49.4 Å². The minimum atomic E-state index is -0.0762. The van der Waals surface area contributed by atoms with E-state index >= 15 is 0 Å². The van der Waals surface area contributed by atoms with Crippen LogP contribution in [0.3, 0.4) is 0 Å². The molecule has 6 nitrogen and oxygen atoms in total. The molecule has 2 aromatic carbocycles. The Morgan fingerprint density at radius 3 is 2.41 bits per heavy atom. The number of aromatic amines is 1. The summed E-state index contributed by atoms with van der Waals surface area (Å²) in [6.07, 6.45) is 2.95. The van der Waals surface area contributed by atoms with Gasteiger partial charge in [-0.2, -0.15) is 0 Å². The number of H-pyrrole nitrogens is 1. The number of hydrogen-bond acceptors (Lipinski definition) is 5. The standard InChI is InChI=1S/C20H30N4O2.C6H6/c1-4-17-20(25)23-19-13-15(5-6-18(19)22-17)14(2)24-10-7-16(8-11-24)21-9-12-26-3;1-2-4-6-5-3-1/h5-6,13-14,16,21H,4,7-12H2,1-3H3,(H,23,25);1-6H. The average molecular weight is 437 g/mol. The fraction of sp³-hybridized carbons (Fsp3) is 0.462. The van der Waals surface area contributed by atoms with Gasteiger partial charge in [0.1, 0.15) is 5.69 Å². The highest BCUT2D eigenvalue weighted by molar-refractivity contribution is 5.75.